The van der Waals surface area contributed by atoms with E-state index < -0.39 is 0 Å². The van der Waals surface area contributed by atoms with Crippen molar-refractivity contribution in [3.8, 4) is 11.3 Å². The van der Waals surface area contributed by atoms with Gasteiger partial charge in [0.2, 0.25) is 11.8 Å². The first kappa shape index (κ1) is 20.3. The molecule has 1 aromatic carbocycles. The molecular weight excluding hydrogens is 378 g/mol. The SMILES string of the molecule is CC(C)CC(=O)N(Cc1ccco1)Cc1c(-c2ccccc2)noc1N1CCCC1. The number of carbonyl (C=O) groups is 1. The Morgan fingerprint density at radius 1 is 1.10 bits per heavy atom. The van der Waals surface area contributed by atoms with E-state index in [4.69, 9.17) is 8.94 Å². The molecule has 30 heavy (non-hydrogen) atoms. The summed E-state index contributed by atoms with van der Waals surface area (Å²) < 4.78 is 11.4. The predicted molar refractivity (Wildman–Crippen MR) is 116 cm³/mol. The van der Waals surface area contributed by atoms with Crippen molar-refractivity contribution in [3.05, 3.63) is 60.1 Å². The highest BCUT2D eigenvalue weighted by molar-refractivity contribution is 5.77. The van der Waals surface area contributed by atoms with Gasteiger partial charge in [-0.15, -0.1) is 0 Å². The van der Waals surface area contributed by atoms with Gasteiger partial charge in [0, 0.05) is 25.1 Å². The minimum absolute atomic E-state index is 0.106. The van der Waals surface area contributed by atoms with Crippen LogP contribution in [-0.4, -0.2) is 29.1 Å². The molecule has 6 nitrogen and oxygen atoms in total. The van der Waals surface area contributed by atoms with Crippen molar-refractivity contribution in [2.75, 3.05) is 18.0 Å². The number of carbonyl (C=O) groups excluding carboxylic acids is 1. The van der Waals surface area contributed by atoms with Crippen LogP contribution in [0.3, 0.4) is 0 Å². The van der Waals surface area contributed by atoms with Crippen LogP contribution in [-0.2, 0) is 17.9 Å². The lowest BCUT2D eigenvalue weighted by Gasteiger charge is -2.24. The van der Waals surface area contributed by atoms with Crippen LogP contribution in [0.2, 0.25) is 0 Å². The number of rotatable bonds is 8. The zero-order chi connectivity index (χ0) is 20.9. The summed E-state index contributed by atoms with van der Waals surface area (Å²) in [4.78, 5) is 17.2. The molecule has 1 saturated heterocycles. The maximum Gasteiger partial charge on any atom is 0.232 e. The Bertz CT molecular complexity index is 942. The maximum atomic E-state index is 13.1. The summed E-state index contributed by atoms with van der Waals surface area (Å²) >= 11 is 0. The summed E-state index contributed by atoms with van der Waals surface area (Å²) in [6.45, 7) is 6.90. The number of benzene rings is 1. The van der Waals surface area contributed by atoms with E-state index in [1.807, 2.05) is 47.4 Å². The van der Waals surface area contributed by atoms with Gasteiger partial charge in [-0.25, -0.2) is 0 Å². The van der Waals surface area contributed by atoms with Gasteiger partial charge in [0.15, 0.2) is 0 Å². The summed E-state index contributed by atoms with van der Waals surface area (Å²) in [5.41, 5.74) is 2.77. The Morgan fingerprint density at radius 3 is 2.53 bits per heavy atom. The molecule has 0 N–H and O–H groups in total. The average Bonchev–Trinajstić information content (AvgIpc) is 3.49. The zero-order valence-corrected chi connectivity index (χ0v) is 17.7. The largest absolute Gasteiger partial charge is 0.467 e. The summed E-state index contributed by atoms with van der Waals surface area (Å²) in [7, 11) is 0. The number of hydrogen-bond donors (Lipinski definition) is 0. The molecular formula is C24H29N3O3. The Balaban J connectivity index is 1.69. The van der Waals surface area contributed by atoms with Crippen LogP contribution >= 0.6 is 0 Å². The van der Waals surface area contributed by atoms with Gasteiger partial charge in [0.25, 0.3) is 0 Å². The second-order valence-electron chi connectivity index (χ2n) is 8.30. The summed E-state index contributed by atoms with van der Waals surface area (Å²) in [5.74, 6) is 1.94. The highest BCUT2D eigenvalue weighted by Gasteiger charge is 2.28. The normalized spacial score (nSPS) is 13.9. The first-order valence-corrected chi connectivity index (χ1v) is 10.7. The second-order valence-corrected chi connectivity index (χ2v) is 8.30. The average molecular weight is 408 g/mol. The molecule has 0 aliphatic carbocycles. The molecule has 2 aromatic heterocycles. The van der Waals surface area contributed by atoms with E-state index in [1.165, 1.54) is 0 Å². The molecule has 1 aliphatic heterocycles. The van der Waals surface area contributed by atoms with E-state index in [0.29, 0.717) is 19.5 Å². The van der Waals surface area contributed by atoms with Gasteiger partial charge in [0.1, 0.15) is 11.5 Å². The van der Waals surface area contributed by atoms with Crippen molar-refractivity contribution in [1.82, 2.24) is 10.1 Å². The van der Waals surface area contributed by atoms with Crippen molar-refractivity contribution in [2.24, 2.45) is 5.92 Å². The van der Waals surface area contributed by atoms with Crippen molar-refractivity contribution < 1.29 is 13.7 Å². The van der Waals surface area contributed by atoms with Crippen LogP contribution < -0.4 is 4.90 Å². The molecule has 1 amide bonds. The zero-order valence-electron chi connectivity index (χ0n) is 17.7. The third-order valence-corrected chi connectivity index (χ3v) is 5.42. The van der Waals surface area contributed by atoms with Gasteiger partial charge in [-0.3, -0.25) is 4.79 Å². The smallest absolute Gasteiger partial charge is 0.232 e. The van der Waals surface area contributed by atoms with Gasteiger partial charge < -0.3 is 18.7 Å². The molecule has 0 saturated carbocycles. The Labute approximate surface area is 177 Å². The fourth-order valence-electron chi connectivity index (χ4n) is 3.93. The molecule has 3 heterocycles. The lowest BCUT2D eigenvalue weighted by Crippen LogP contribution is -2.31. The van der Waals surface area contributed by atoms with E-state index in [9.17, 15) is 4.79 Å². The Kier molecular flexibility index (Phi) is 6.21. The Morgan fingerprint density at radius 2 is 1.87 bits per heavy atom. The molecule has 0 bridgehead atoms. The van der Waals surface area contributed by atoms with Crippen LogP contribution in [0.15, 0.2) is 57.7 Å². The highest BCUT2D eigenvalue weighted by Crippen LogP contribution is 2.34. The summed E-state index contributed by atoms with van der Waals surface area (Å²) in [6, 6.07) is 13.8. The van der Waals surface area contributed by atoms with E-state index >= 15 is 0 Å². The first-order chi connectivity index (χ1) is 14.6. The van der Waals surface area contributed by atoms with E-state index in [-0.39, 0.29) is 11.8 Å². The first-order valence-electron chi connectivity index (χ1n) is 10.7. The minimum Gasteiger partial charge on any atom is -0.467 e. The quantitative estimate of drug-likeness (QED) is 0.519. The molecule has 1 fully saturated rings. The van der Waals surface area contributed by atoms with Crippen LogP contribution in [0.1, 0.15) is 44.4 Å². The minimum atomic E-state index is 0.106. The molecule has 158 valence electrons. The monoisotopic (exact) mass is 407 g/mol. The molecule has 4 rings (SSSR count). The standard InChI is InChI=1S/C24H29N3O3/c1-18(2)15-22(28)27(16-20-11-8-14-29-20)17-21-23(19-9-4-3-5-10-19)25-30-24(21)26-12-6-7-13-26/h3-5,8-11,14,18H,6-7,12-13,15-17H2,1-2H3. The predicted octanol–water partition coefficient (Wildman–Crippen LogP) is 5.11. The third-order valence-electron chi connectivity index (χ3n) is 5.42. The van der Waals surface area contributed by atoms with Crippen molar-refractivity contribution >= 4 is 11.8 Å². The van der Waals surface area contributed by atoms with Crippen LogP contribution in [0, 0.1) is 5.92 Å². The lowest BCUT2D eigenvalue weighted by atomic mass is 10.1. The van der Waals surface area contributed by atoms with Crippen molar-refractivity contribution in [2.45, 2.75) is 46.2 Å². The number of hydrogen-bond acceptors (Lipinski definition) is 5. The highest BCUT2D eigenvalue weighted by atomic mass is 16.5. The number of furan rings is 1. The number of nitrogens with zero attached hydrogens (tertiary/aromatic N) is 3. The summed E-state index contributed by atoms with van der Waals surface area (Å²) in [5, 5.41) is 4.42. The van der Waals surface area contributed by atoms with Gasteiger partial charge >= 0.3 is 0 Å². The second kappa shape index (κ2) is 9.20. The van der Waals surface area contributed by atoms with E-state index in [0.717, 1.165) is 54.4 Å². The van der Waals surface area contributed by atoms with Gasteiger partial charge in [-0.05, 0) is 30.9 Å². The number of amides is 1. The van der Waals surface area contributed by atoms with Gasteiger partial charge in [0.05, 0.1) is 24.9 Å². The molecule has 6 heteroatoms. The maximum absolute atomic E-state index is 13.1. The molecule has 0 atom stereocenters. The number of aromatic nitrogens is 1. The molecule has 0 unspecified atom stereocenters. The van der Waals surface area contributed by atoms with E-state index in [2.05, 4.69) is 23.9 Å². The fraction of sp³-hybridized carbons (Fsp3) is 0.417. The summed E-state index contributed by atoms with van der Waals surface area (Å²) in [6.07, 6.45) is 4.42. The molecule has 3 aromatic rings. The third kappa shape index (κ3) is 4.58. The van der Waals surface area contributed by atoms with Gasteiger partial charge in [-0.1, -0.05) is 49.3 Å². The van der Waals surface area contributed by atoms with Crippen molar-refractivity contribution in [3.63, 3.8) is 0 Å². The van der Waals surface area contributed by atoms with E-state index in [1.54, 1.807) is 6.26 Å². The van der Waals surface area contributed by atoms with Crippen LogP contribution in [0.4, 0.5) is 5.88 Å². The Hall–Kier alpha value is -3.02. The van der Waals surface area contributed by atoms with Crippen LogP contribution in [0.25, 0.3) is 11.3 Å². The topological polar surface area (TPSA) is 62.7 Å². The van der Waals surface area contributed by atoms with Crippen molar-refractivity contribution in [1.29, 1.82) is 0 Å². The number of anilines is 1. The lowest BCUT2D eigenvalue weighted by molar-refractivity contribution is -0.133. The fourth-order valence-corrected chi connectivity index (χ4v) is 3.93. The van der Waals surface area contributed by atoms with Crippen LogP contribution in [0.5, 0.6) is 0 Å². The van der Waals surface area contributed by atoms with Gasteiger partial charge in [-0.2, -0.15) is 0 Å². The molecule has 0 radical (unpaired) electrons. The molecule has 1 aliphatic rings. The molecule has 0 spiro atoms.